The molecular weight excluding hydrogens is 330 g/mol. The number of carbonyl (C=O) groups is 1. The molecule has 0 bridgehead atoms. The first-order chi connectivity index (χ1) is 12.7. The van der Waals surface area contributed by atoms with Crippen molar-refractivity contribution >= 4 is 5.91 Å². The maximum Gasteiger partial charge on any atom is 0.259 e. The highest BCUT2D eigenvalue weighted by atomic mass is 16.5. The minimum Gasteiger partial charge on any atom is -0.484 e. The van der Waals surface area contributed by atoms with Gasteiger partial charge in [-0.3, -0.25) is 4.79 Å². The molecule has 26 heavy (non-hydrogen) atoms. The van der Waals surface area contributed by atoms with Crippen LogP contribution in [-0.2, 0) is 4.79 Å². The lowest BCUT2D eigenvalue weighted by Crippen LogP contribution is -2.50. The summed E-state index contributed by atoms with van der Waals surface area (Å²) in [4.78, 5) is 16.2. The van der Waals surface area contributed by atoms with Crippen LogP contribution in [0.3, 0.4) is 0 Å². The summed E-state index contributed by atoms with van der Waals surface area (Å²) >= 11 is 0. The van der Waals surface area contributed by atoms with E-state index in [1.54, 1.807) is 36.5 Å². The molecule has 0 radical (unpaired) electrons. The Kier molecular flexibility index (Phi) is 5.69. The second-order valence-electron chi connectivity index (χ2n) is 6.33. The van der Waals surface area contributed by atoms with E-state index in [1.807, 2.05) is 12.1 Å². The summed E-state index contributed by atoms with van der Waals surface area (Å²) in [6, 6.07) is 14.7. The van der Waals surface area contributed by atoms with Crippen LogP contribution in [0.4, 0.5) is 0 Å². The van der Waals surface area contributed by atoms with Crippen molar-refractivity contribution in [1.82, 2.24) is 10.3 Å². The third-order valence-electron chi connectivity index (χ3n) is 4.35. The molecule has 3 rings (SSSR count). The lowest BCUT2D eigenvalue weighted by Gasteiger charge is -2.31. The van der Waals surface area contributed by atoms with Gasteiger partial charge < -0.3 is 14.8 Å². The van der Waals surface area contributed by atoms with Crippen LogP contribution in [0.2, 0.25) is 0 Å². The predicted molar refractivity (Wildman–Crippen MR) is 95.8 cm³/mol. The molecule has 134 valence electrons. The molecule has 1 aliphatic rings. The quantitative estimate of drug-likeness (QED) is 0.859. The van der Waals surface area contributed by atoms with Crippen molar-refractivity contribution in [1.29, 1.82) is 5.26 Å². The number of ether oxygens (including phenoxy) is 2. The Morgan fingerprint density at radius 3 is 2.50 bits per heavy atom. The molecule has 2 aromatic rings. The Bertz CT molecular complexity index is 763. The maximum atomic E-state index is 12.1. The third kappa shape index (κ3) is 4.73. The third-order valence-corrected chi connectivity index (χ3v) is 4.35. The molecule has 0 saturated heterocycles. The van der Waals surface area contributed by atoms with Gasteiger partial charge in [0.2, 0.25) is 5.88 Å². The van der Waals surface area contributed by atoms with Crippen molar-refractivity contribution in [2.45, 2.75) is 37.6 Å². The minimum absolute atomic E-state index is 0.121. The van der Waals surface area contributed by atoms with Crippen LogP contribution in [0.5, 0.6) is 17.4 Å². The predicted octanol–water partition coefficient (Wildman–Crippen LogP) is 3.60. The van der Waals surface area contributed by atoms with Gasteiger partial charge in [-0.25, -0.2) is 4.98 Å². The van der Waals surface area contributed by atoms with Gasteiger partial charge in [-0.1, -0.05) is 25.3 Å². The van der Waals surface area contributed by atoms with E-state index in [9.17, 15) is 10.1 Å². The van der Waals surface area contributed by atoms with Gasteiger partial charge in [0.15, 0.2) is 6.61 Å². The lowest BCUT2D eigenvalue weighted by atomic mass is 9.83. The largest absolute Gasteiger partial charge is 0.484 e. The number of hydrogen-bond donors (Lipinski definition) is 1. The molecule has 1 heterocycles. The molecule has 1 N–H and O–H groups in total. The summed E-state index contributed by atoms with van der Waals surface area (Å²) in [6.07, 6.45) is 6.11. The highest BCUT2D eigenvalue weighted by Crippen LogP contribution is 2.27. The van der Waals surface area contributed by atoms with E-state index < -0.39 is 5.54 Å². The van der Waals surface area contributed by atoms with Crippen LogP contribution in [-0.4, -0.2) is 23.0 Å². The van der Waals surface area contributed by atoms with Crippen LogP contribution >= 0.6 is 0 Å². The van der Waals surface area contributed by atoms with E-state index in [0.29, 0.717) is 30.2 Å². The van der Waals surface area contributed by atoms with E-state index in [4.69, 9.17) is 9.47 Å². The molecule has 0 spiro atoms. The molecule has 6 nitrogen and oxygen atoms in total. The van der Waals surface area contributed by atoms with Gasteiger partial charge in [-0.05, 0) is 43.2 Å². The number of nitriles is 1. The van der Waals surface area contributed by atoms with E-state index in [-0.39, 0.29) is 12.5 Å². The summed E-state index contributed by atoms with van der Waals surface area (Å²) < 4.78 is 11.1. The number of benzene rings is 1. The number of amides is 1. The molecule has 0 atom stereocenters. The number of nitrogens with one attached hydrogen (secondary N) is 1. The number of carbonyl (C=O) groups excluding carboxylic acids is 1. The molecule has 1 aromatic carbocycles. The molecule has 0 aliphatic heterocycles. The molecule has 1 fully saturated rings. The van der Waals surface area contributed by atoms with Crippen LogP contribution in [0.25, 0.3) is 0 Å². The Labute approximate surface area is 152 Å². The SMILES string of the molecule is N#CC1(NC(=O)COc2ccc(Oc3ccccn3)cc2)CCCCC1. The smallest absolute Gasteiger partial charge is 0.259 e. The molecule has 0 unspecified atom stereocenters. The fourth-order valence-electron chi connectivity index (χ4n) is 3.00. The summed E-state index contributed by atoms with van der Waals surface area (Å²) in [5.74, 6) is 1.42. The van der Waals surface area contributed by atoms with Crippen molar-refractivity contribution in [3.63, 3.8) is 0 Å². The summed E-state index contributed by atoms with van der Waals surface area (Å²) in [5, 5.41) is 12.2. The summed E-state index contributed by atoms with van der Waals surface area (Å²) in [5.41, 5.74) is -0.737. The van der Waals surface area contributed by atoms with Crippen molar-refractivity contribution in [2.75, 3.05) is 6.61 Å². The van der Waals surface area contributed by atoms with E-state index >= 15 is 0 Å². The van der Waals surface area contributed by atoms with Gasteiger partial charge >= 0.3 is 0 Å². The van der Waals surface area contributed by atoms with Gasteiger partial charge in [0.05, 0.1) is 6.07 Å². The van der Waals surface area contributed by atoms with Crippen LogP contribution in [0, 0.1) is 11.3 Å². The summed E-state index contributed by atoms with van der Waals surface area (Å²) in [7, 11) is 0. The number of aromatic nitrogens is 1. The van der Waals surface area contributed by atoms with Gasteiger partial charge in [-0.2, -0.15) is 5.26 Å². The Morgan fingerprint density at radius 2 is 1.85 bits per heavy atom. The fraction of sp³-hybridized carbons (Fsp3) is 0.350. The van der Waals surface area contributed by atoms with Crippen molar-refractivity contribution in [3.05, 3.63) is 48.7 Å². The molecule has 1 saturated carbocycles. The second kappa shape index (κ2) is 8.34. The highest BCUT2D eigenvalue weighted by Gasteiger charge is 2.33. The number of rotatable bonds is 6. The number of nitrogens with zero attached hydrogens (tertiary/aromatic N) is 2. The van der Waals surface area contributed by atoms with E-state index in [2.05, 4.69) is 16.4 Å². The fourth-order valence-corrected chi connectivity index (χ4v) is 3.00. The molecule has 1 aliphatic carbocycles. The van der Waals surface area contributed by atoms with E-state index in [0.717, 1.165) is 19.3 Å². The first-order valence-electron chi connectivity index (χ1n) is 8.73. The monoisotopic (exact) mass is 351 g/mol. The Hall–Kier alpha value is -3.07. The molecule has 6 heteroatoms. The zero-order chi connectivity index (χ0) is 18.2. The van der Waals surface area contributed by atoms with Gasteiger partial charge in [0, 0.05) is 12.3 Å². The highest BCUT2D eigenvalue weighted by molar-refractivity contribution is 5.78. The maximum absolute atomic E-state index is 12.1. The number of hydrogen-bond acceptors (Lipinski definition) is 5. The molecular formula is C20H21N3O3. The van der Waals surface area contributed by atoms with Crippen molar-refractivity contribution < 1.29 is 14.3 Å². The number of pyridine rings is 1. The molecule has 1 amide bonds. The van der Waals surface area contributed by atoms with E-state index in [1.165, 1.54) is 0 Å². The normalized spacial score (nSPS) is 15.5. The van der Waals surface area contributed by atoms with Crippen LogP contribution in [0.15, 0.2) is 48.7 Å². The van der Waals surface area contributed by atoms with Crippen LogP contribution < -0.4 is 14.8 Å². The Morgan fingerprint density at radius 1 is 1.12 bits per heavy atom. The second-order valence-corrected chi connectivity index (χ2v) is 6.33. The first-order valence-corrected chi connectivity index (χ1v) is 8.73. The zero-order valence-corrected chi connectivity index (χ0v) is 14.5. The lowest BCUT2D eigenvalue weighted by molar-refractivity contribution is -0.124. The Balaban J connectivity index is 1.50. The van der Waals surface area contributed by atoms with Gasteiger partial charge in [0.25, 0.3) is 5.91 Å². The minimum atomic E-state index is -0.737. The van der Waals surface area contributed by atoms with Crippen molar-refractivity contribution in [2.24, 2.45) is 0 Å². The zero-order valence-electron chi connectivity index (χ0n) is 14.5. The van der Waals surface area contributed by atoms with Crippen LogP contribution in [0.1, 0.15) is 32.1 Å². The standard InChI is InChI=1S/C20H21N3O3/c21-15-20(11-3-1-4-12-20)23-18(24)14-25-16-7-9-17(10-8-16)26-19-6-2-5-13-22-19/h2,5-10,13H,1,3-4,11-12,14H2,(H,23,24). The topological polar surface area (TPSA) is 84.2 Å². The van der Waals surface area contributed by atoms with Gasteiger partial charge in [0.1, 0.15) is 17.0 Å². The van der Waals surface area contributed by atoms with Crippen molar-refractivity contribution in [3.8, 4) is 23.4 Å². The average Bonchev–Trinajstić information content (AvgIpc) is 2.69. The average molecular weight is 351 g/mol. The van der Waals surface area contributed by atoms with Gasteiger partial charge in [-0.15, -0.1) is 0 Å². The first kappa shape index (κ1) is 17.7. The summed E-state index contributed by atoms with van der Waals surface area (Å²) in [6.45, 7) is -0.121. The molecule has 1 aromatic heterocycles.